The monoisotopic (exact) mass is 440 g/mol. The summed E-state index contributed by atoms with van der Waals surface area (Å²) in [6, 6.07) is 9.58. The first-order valence-corrected chi connectivity index (χ1v) is 10.3. The molecule has 3 heterocycles. The Morgan fingerprint density at radius 3 is 2.63 bits per heavy atom. The summed E-state index contributed by atoms with van der Waals surface area (Å²) in [7, 11) is 0. The van der Waals surface area contributed by atoms with Crippen LogP contribution in [0.15, 0.2) is 61.3 Å². The van der Waals surface area contributed by atoms with E-state index in [-0.39, 0.29) is 0 Å². The third-order valence-electron chi connectivity index (χ3n) is 4.42. The average molecular weight is 441 g/mol. The lowest BCUT2D eigenvalue weighted by molar-refractivity contribution is 0.654. The Bertz CT molecular complexity index is 1150. The van der Waals surface area contributed by atoms with Crippen LogP contribution in [-0.2, 0) is 19.6 Å². The molecule has 0 aliphatic rings. The minimum atomic E-state index is 0.441. The van der Waals surface area contributed by atoms with Crippen LogP contribution in [0.4, 0.5) is 11.5 Å². The Morgan fingerprint density at radius 1 is 1.00 bits per heavy atom. The molecule has 10 heteroatoms. The summed E-state index contributed by atoms with van der Waals surface area (Å²) in [5.41, 5.74) is 2.90. The fourth-order valence-electron chi connectivity index (χ4n) is 2.96. The Kier molecular flexibility index (Phi) is 6.10. The summed E-state index contributed by atoms with van der Waals surface area (Å²) in [5.74, 6) is 0.652. The highest BCUT2D eigenvalue weighted by atomic mass is 35.5. The van der Waals surface area contributed by atoms with E-state index in [1.165, 1.54) is 0 Å². The molecule has 0 fully saturated rings. The van der Waals surface area contributed by atoms with Crippen molar-refractivity contribution in [3.63, 3.8) is 0 Å². The third kappa shape index (κ3) is 5.05. The topological polar surface area (TPSA) is 77.5 Å². The van der Waals surface area contributed by atoms with E-state index in [0.717, 1.165) is 28.4 Å². The second-order valence-electron chi connectivity index (χ2n) is 6.70. The van der Waals surface area contributed by atoms with Gasteiger partial charge in [0.25, 0.3) is 0 Å². The van der Waals surface area contributed by atoms with Crippen molar-refractivity contribution < 1.29 is 0 Å². The van der Waals surface area contributed by atoms with Gasteiger partial charge in [0, 0.05) is 41.8 Å². The molecule has 4 rings (SSSR count). The van der Waals surface area contributed by atoms with Gasteiger partial charge in [0.2, 0.25) is 0 Å². The van der Waals surface area contributed by atoms with Crippen LogP contribution in [0.1, 0.15) is 18.1 Å². The lowest BCUT2D eigenvalue weighted by Crippen LogP contribution is -2.19. The van der Waals surface area contributed by atoms with Gasteiger partial charge in [0.15, 0.2) is 10.9 Å². The average Bonchev–Trinajstić information content (AvgIpc) is 3.46. The molecule has 0 amide bonds. The quantitative estimate of drug-likeness (QED) is 0.425. The number of benzene rings is 1. The summed E-state index contributed by atoms with van der Waals surface area (Å²) in [6.07, 6.45) is 9.37. The van der Waals surface area contributed by atoms with Crippen LogP contribution in [0, 0.1) is 0 Å². The van der Waals surface area contributed by atoms with Gasteiger partial charge in [-0.15, -0.1) is 0 Å². The van der Waals surface area contributed by atoms with Crippen molar-refractivity contribution in [2.75, 3.05) is 10.6 Å². The molecule has 0 aliphatic heterocycles. The van der Waals surface area contributed by atoms with E-state index in [0.29, 0.717) is 24.0 Å². The molecule has 4 aromatic rings. The van der Waals surface area contributed by atoms with Crippen LogP contribution < -0.4 is 10.6 Å². The van der Waals surface area contributed by atoms with Crippen molar-refractivity contribution in [1.82, 2.24) is 29.3 Å². The molecule has 0 radical (unpaired) electrons. The number of nitrogens with one attached hydrogen (secondary N) is 2. The van der Waals surface area contributed by atoms with Gasteiger partial charge in [-0.3, -0.25) is 14.0 Å². The fourth-order valence-corrected chi connectivity index (χ4v) is 3.38. The zero-order valence-electron chi connectivity index (χ0n) is 16.4. The molecule has 1 aromatic carbocycles. The smallest absolute Gasteiger partial charge is 0.176 e. The van der Waals surface area contributed by atoms with E-state index < -0.39 is 0 Å². The Balaban J connectivity index is 1.31. The van der Waals surface area contributed by atoms with Gasteiger partial charge in [0.05, 0.1) is 31.2 Å². The first-order chi connectivity index (χ1) is 14.6. The molecule has 30 heavy (non-hydrogen) atoms. The van der Waals surface area contributed by atoms with Crippen LogP contribution in [0.3, 0.4) is 0 Å². The van der Waals surface area contributed by atoms with Gasteiger partial charge in [-0.05, 0) is 30.8 Å². The minimum Gasteiger partial charge on any atom is -0.330 e. The van der Waals surface area contributed by atoms with E-state index in [1.54, 1.807) is 10.9 Å². The van der Waals surface area contributed by atoms with Crippen molar-refractivity contribution in [3.8, 4) is 0 Å². The van der Waals surface area contributed by atoms with E-state index in [4.69, 9.17) is 23.8 Å². The number of nitrogens with zero attached hydrogens (tertiary/aromatic N) is 6. The third-order valence-corrected chi connectivity index (χ3v) is 4.99. The maximum Gasteiger partial charge on any atom is 0.176 e. The molecule has 8 nitrogen and oxygen atoms in total. The number of aromatic nitrogens is 6. The van der Waals surface area contributed by atoms with Gasteiger partial charge in [-0.25, -0.2) is 0 Å². The predicted octanol–water partition coefficient (Wildman–Crippen LogP) is 3.85. The fraction of sp³-hybridized carbons (Fsp3) is 0.200. The molecule has 0 bridgehead atoms. The van der Waals surface area contributed by atoms with Crippen molar-refractivity contribution in [2.45, 2.75) is 26.6 Å². The summed E-state index contributed by atoms with van der Waals surface area (Å²) in [5, 5.41) is 20.5. The summed E-state index contributed by atoms with van der Waals surface area (Å²) in [6.45, 7) is 4.14. The van der Waals surface area contributed by atoms with Gasteiger partial charge < -0.3 is 10.6 Å². The van der Waals surface area contributed by atoms with Gasteiger partial charge in [-0.2, -0.15) is 15.3 Å². The van der Waals surface area contributed by atoms with Crippen LogP contribution in [-0.4, -0.2) is 34.5 Å². The molecule has 0 saturated heterocycles. The maximum atomic E-state index is 6.22. The van der Waals surface area contributed by atoms with Gasteiger partial charge in [-0.1, -0.05) is 29.8 Å². The zero-order chi connectivity index (χ0) is 20.9. The number of hydrogen-bond acceptors (Lipinski definition) is 4. The summed E-state index contributed by atoms with van der Waals surface area (Å²) >= 11 is 11.6. The van der Waals surface area contributed by atoms with Crippen LogP contribution in [0.5, 0.6) is 0 Å². The van der Waals surface area contributed by atoms with Crippen molar-refractivity contribution in [2.24, 2.45) is 0 Å². The van der Waals surface area contributed by atoms with E-state index in [9.17, 15) is 0 Å². The number of anilines is 2. The normalized spacial score (nSPS) is 10.9. The van der Waals surface area contributed by atoms with Crippen LogP contribution >= 0.6 is 23.8 Å². The lowest BCUT2D eigenvalue weighted by Gasteiger charge is -2.07. The highest BCUT2D eigenvalue weighted by Gasteiger charge is 2.07. The van der Waals surface area contributed by atoms with Gasteiger partial charge >= 0.3 is 0 Å². The molecule has 0 spiro atoms. The van der Waals surface area contributed by atoms with E-state index in [2.05, 4.69) is 32.9 Å². The summed E-state index contributed by atoms with van der Waals surface area (Å²) < 4.78 is 5.53. The number of halogens is 1. The standard InChI is InChI=1S/C20H21ClN8S/c1-2-27-11-15(9-22-27)12-29-14-17(10-23-29)24-20(30)25-19-7-8-28(26-19)13-16-5-3-4-6-18(16)21/h3-11,14H,2,12-13H2,1H3,(H2,24,25,26,30). The SMILES string of the molecule is CCn1cc(Cn2cc(NC(=S)Nc3ccn(Cc4ccccc4Cl)n3)cn2)cn1. The van der Waals surface area contributed by atoms with Crippen molar-refractivity contribution in [1.29, 1.82) is 0 Å². The number of rotatable bonds is 7. The van der Waals surface area contributed by atoms with Crippen LogP contribution in [0.2, 0.25) is 5.02 Å². The molecule has 3 aromatic heterocycles. The van der Waals surface area contributed by atoms with Crippen LogP contribution in [0.25, 0.3) is 0 Å². The first-order valence-electron chi connectivity index (χ1n) is 9.47. The number of hydrogen-bond donors (Lipinski definition) is 2. The van der Waals surface area contributed by atoms with Crippen molar-refractivity contribution >= 4 is 40.4 Å². The Hall–Kier alpha value is -3.17. The second kappa shape index (κ2) is 9.10. The molecule has 154 valence electrons. The lowest BCUT2D eigenvalue weighted by atomic mass is 10.2. The summed E-state index contributed by atoms with van der Waals surface area (Å²) in [4.78, 5) is 0. The molecular weight excluding hydrogens is 420 g/mol. The van der Waals surface area contributed by atoms with E-state index in [1.807, 2.05) is 64.5 Å². The largest absolute Gasteiger partial charge is 0.330 e. The Labute approximate surface area is 184 Å². The minimum absolute atomic E-state index is 0.441. The number of aryl methyl sites for hydroxylation is 1. The molecule has 0 atom stereocenters. The first kappa shape index (κ1) is 20.1. The maximum absolute atomic E-state index is 6.22. The molecule has 0 unspecified atom stereocenters. The van der Waals surface area contributed by atoms with Crippen molar-refractivity contribution in [3.05, 3.63) is 77.5 Å². The molecular formula is C20H21ClN8S. The van der Waals surface area contributed by atoms with E-state index >= 15 is 0 Å². The highest BCUT2D eigenvalue weighted by Crippen LogP contribution is 2.16. The molecule has 0 aliphatic carbocycles. The molecule has 2 N–H and O–H groups in total. The second-order valence-corrected chi connectivity index (χ2v) is 7.52. The van der Waals surface area contributed by atoms with Gasteiger partial charge in [0.1, 0.15) is 0 Å². The predicted molar refractivity (Wildman–Crippen MR) is 122 cm³/mol. The molecule has 0 saturated carbocycles. The highest BCUT2D eigenvalue weighted by molar-refractivity contribution is 7.80. The zero-order valence-corrected chi connectivity index (χ0v) is 17.9. The number of thiocarbonyl (C=S) groups is 1. The Morgan fingerprint density at radius 2 is 1.83 bits per heavy atom.